The van der Waals surface area contributed by atoms with Gasteiger partial charge < -0.3 is 16.2 Å². The molecule has 1 rings (SSSR count). The Kier molecular flexibility index (Phi) is 3.82. The summed E-state index contributed by atoms with van der Waals surface area (Å²) in [6, 6.07) is -1.10. The molecule has 0 saturated carbocycles. The second-order valence-electron chi connectivity index (χ2n) is 4.21. The first-order valence-corrected chi connectivity index (χ1v) is 5.27. The van der Waals surface area contributed by atoms with Gasteiger partial charge in [0, 0.05) is 7.05 Å². The van der Waals surface area contributed by atoms with Crippen LogP contribution in [0, 0.1) is 0 Å². The van der Waals surface area contributed by atoms with Gasteiger partial charge in [-0.15, -0.1) is 0 Å². The maximum atomic E-state index is 12.1. The van der Waals surface area contributed by atoms with Crippen molar-refractivity contribution in [1.29, 1.82) is 0 Å². The molecule has 1 heterocycles. The van der Waals surface area contributed by atoms with Gasteiger partial charge in [0.05, 0.1) is 18.9 Å². The molecule has 0 radical (unpaired) electrons. The molecule has 2 amide bonds. The van der Waals surface area contributed by atoms with Crippen molar-refractivity contribution in [3.05, 3.63) is 0 Å². The Bertz CT molecular complexity index is 422. The summed E-state index contributed by atoms with van der Waals surface area (Å²) in [6.45, 7) is 0. The van der Waals surface area contributed by atoms with Gasteiger partial charge in [-0.1, -0.05) is 0 Å². The molecule has 100 valence electrons. The lowest BCUT2D eigenvalue weighted by molar-refractivity contribution is -0.144. The molecular weight excluding hydrogens is 242 g/mol. The monoisotopic (exact) mass is 257 g/mol. The number of carbonyl (C=O) groups is 4. The van der Waals surface area contributed by atoms with E-state index >= 15 is 0 Å². The minimum Gasteiger partial charge on any atom is -0.481 e. The second-order valence-corrected chi connectivity index (χ2v) is 4.21. The number of hydrogen-bond acceptors (Lipinski definition) is 6. The number of hydrogen-bond donors (Lipinski definition) is 3. The van der Waals surface area contributed by atoms with Crippen molar-refractivity contribution in [3.63, 3.8) is 0 Å². The fraction of sp³-hybridized carbons (Fsp3) is 0.600. The molecule has 1 unspecified atom stereocenters. The zero-order valence-electron chi connectivity index (χ0n) is 10.1. The molecule has 2 atom stereocenters. The molecule has 0 aliphatic carbocycles. The van der Waals surface area contributed by atoms with Crippen LogP contribution in [-0.2, 0) is 19.2 Å². The van der Waals surface area contributed by atoms with Gasteiger partial charge in [0.1, 0.15) is 0 Å². The van der Waals surface area contributed by atoms with Gasteiger partial charge in [-0.3, -0.25) is 24.1 Å². The number of likely N-dealkylation sites (tertiary alicyclic amines) is 1. The number of likely N-dealkylation sites (N-methyl/N-ethyl adjacent to an activating group) is 2. The zero-order valence-corrected chi connectivity index (χ0v) is 10.1. The highest BCUT2D eigenvalue weighted by Crippen LogP contribution is 2.23. The lowest BCUT2D eigenvalue weighted by atomic mass is 9.87. The molecule has 18 heavy (non-hydrogen) atoms. The van der Waals surface area contributed by atoms with Crippen molar-refractivity contribution < 1.29 is 24.3 Å². The number of ketones is 1. The van der Waals surface area contributed by atoms with Crippen LogP contribution < -0.4 is 11.1 Å². The summed E-state index contributed by atoms with van der Waals surface area (Å²) < 4.78 is 0. The van der Waals surface area contributed by atoms with Crippen molar-refractivity contribution in [2.24, 2.45) is 5.73 Å². The highest BCUT2D eigenvalue weighted by atomic mass is 16.4. The summed E-state index contributed by atoms with van der Waals surface area (Å²) in [7, 11) is 2.62. The van der Waals surface area contributed by atoms with Crippen LogP contribution in [0.3, 0.4) is 0 Å². The number of nitrogens with zero attached hydrogens (tertiary/aromatic N) is 1. The minimum atomic E-state index is -1.96. The Labute approximate surface area is 103 Å². The third kappa shape index (κ3) is 2.24. The molecule has 1 fully saturated rings. The highest BCUT2D eigenvalue weighted by Gasteiger charge is 2.54. The van der Waals surface area contributed by atoms with E-state index in [2.05, 4.69) is 5.32 Å². The summed E-state index contributed by atoms with van der Waals surface area (Å²) >= 11 is 0. The van der Waals surface area contributed by atoms with Gasteiger partial charge >= 0.3 is 5.97 Å². The van der Waals surface area contributed by atoms with Crippen molar-refractivity contribution in [3.8, 4) is 0 Å². The van der Waals surface area contributed by atoms with E-state index in [1.54, 1.807) is 0 Å². The van der Waals surface area contributed by atoms with E-state index in [-0.39, 0.29) is 0 Å². The molecular formula is C10H15N3O5. The van der Waals surface area contributed by atoms with E-state index in [9.17, 15) is 19.2 Å². The Morgan fingerprint density at radius 1 is 1.56 bits per heavy atom. The number of nitrogens with two attached hydrogens (primary N) is 1. The molecule has 0 spiro atoms. The lowest BCUT2D eigenvalue weighted by Crippen LogP contribution is -2.60. The van der Waals surface area contributed by atoms with Gasteiger partial charge in [-0.05, 0) is 7.05 Å². The van der Waals surface area contributed by atoms with E-state index in [4.69, 9.17) is 10.8 Å². The van der Waals surface area contributed by atoms with Crippen LogP contribution in [-0.4, -0.2) is 59.2 Å². The third-order valence-corrected chi connectivity index (χ3v) is 2.97. The van der Waals surface area contributed by atoms with Gasteiger partial charge in [0.25, 0.3) is 5.91 Å². The van der Waals surface area contributed by atoms with E-state index in [0.717, 1.165) is 4.90 Å². The van der Waals surface area contributed by atoms with Gasteiger partial charge in [-0.25, -0.2) is 0 Å². The summed E-state index contributed by atoms with van der Waals surface area (Å²) in [5.74, 6) is -3.34. The highest BCUT2D eigenvalue weighted by molar-refractivity contribution is 6.22. The second kappa shape index (κ2) is 4.83. The average molecular weight is 257 g/mol. The SMILES string of the molecule is CN[C@@H](CC(=O)O)C(=O)C1(N)CC(=O)N(C)C1=O. The van der Waals surface area contributed by atoms with E-state index in [0.29, 0.717) is 0 Å². The molecule has 1 aliphatic rings. The predicted octanol–water partition coefficient (Wildman–Crippen LogP) is -2.30. The van der Waals surface area contributed by atoms with Crippen LogP contribution in [0.25, 0.3) is 0 Å². The number of carboxylic acid groups (broad SMARTS) is 1. The quantitative estimate of drug-likeness (QED) is 0.373. The van der Waals surface area contributed by atoms with Gasteiger partial charge in [0.2, 0.25) is 5.91 Å². The Morgan fingerprint density at radius 2 is 2.11 bits per heavy atom. The zero-order chi connectivity index (χ0) is 14.1. The van der Waals surface area contributed by atoms with E-state index in [1.165, 1.54) is 14.1 Å². The number of imide groups is 1. The Balaban J connectivity index is 2.98. The molecule has 0 aromatic rings. The van der Waals surface area contributed by atoms with Gasteiger partial charge in [0.15, 0.2) is 11.3 Å². The first kappa shape index (κ1) is 14.3. The number of nitrogens with one attached hydrogen (secondary N) is 1. The Hall–Kier alpha value is -1.80. The van der Waals surface area contributed by atoms with Crippen LogP contribution in [0.4, 0.5) is 0 Å². The van der Waals surface area contributed by atoms with Crippen LogP contribution in [0.5, 0.6) is 0 Å². The van der Waals surface area contributed by atoms with Crippen LogP contribution >= 0.6 is 0 Å². The standard InChI is InChI=1S/C10H15N3O5/c1-12-5(3-7(15)16)8(17)10(11)4-6(14)13(2)9(10)18/h5,12H,3-4,11H2,1-2H3,(H,15,16)/t5-,10?/m0/s1. The minimum absolute atomic E-state index is 0.432. The smallest absolute Gasteiger partial charge is 0.305 e. The van der Waals surface area contributed by atoms with Crippen molar-refractivity contribution in [1.82, 2.24) is 10.2 Å². The molecule has 4 N–H and O–H groups in total. The maximum Gasteiger partial charge on any atom is 0.305 e. The van der Waals surface area contributed by atoms with E-state index < -0.39 is 48.0 Å². The summed E-state index contributed by atoms with van der Waals surface area (Å²) in [5.41, 5.74) is 3.72. The number of amides is 2. The van der Waals surface area contributed by atoms with Crippen LogP contribution in [0.15, 0.2) is 0 Å². The number of Topliss-reactive ketones (excluding diaryl/α,β-unsaturated/α-hetero) is 1. The summed E-state index contributed by atoms with van der Waals surface area (Å²) in [5, 5.41) is 11.2. The molecule has 1 aliphatic heterocycles. The number of aliphatic carboxylic acids is 1. The maximum absolute atomic E-state index is 12.1. The summed E-state index contributed by atoms with van der Waals surface area (Å²) in [4.78, 5) is 46.6. The first-order valence-electron chi connectivity index (χ1n) is 5.27. The fourth-order valence-corrected chi connectivity index (χ4v) is 1.85. The third-order valence-electron chi connectivity index (χ3n) is 2.97. The molecule has 1 saturated heterocycles. The molecule has 0 aromatic carbocycles. The fourth-order valence-electron chi connectivity index (χ4n) is 1.85. The normalized spacial score (nSPS) is 25.4. The molecule has 8 nitrogen and oxygen atoms in total. The summed E-state index contributed by atoms with van der Waals surface area (Å²) in [6.07, 6.45) is -0.932. The first-order chi connectivity index (χ1) is 8.24. The number of carbonyl (C=O) groups excluding carboxylic acids is 3. The van der Waals surface area contributed by atoms with E-state index in [1.807, 2.05) is 0 Å². The largest absolute Gasteiger partial charge is 0.481 e. The van der Waals surface area contributed by atoms with Crippen LogP contribution in [0.1, 0.15) is 12.8 Å². The molecule has 0 bridgehead atoms. The average Bonchev–Trinajstić information content (AvgIpc) is 2.50. The molecule has 0 aromatic heterocycles. The lowest BCUT2D eigenvalue weighted by Gasteiger charge is -2.24. The molecule has 8 heteroatoms. The Morgan fingerprint density at radius 3 is 2.44 bits per heavy atom. The van der Waals surface area contributed by atoms with Crippen molar-refractivity contribution >= 4 is 23.6 Å². The van der Waals surface area contributed by atoms with Crippen molar-refractivity contribution in [2.45, 2.75) is 24.4 Å². The van der Waals surface area contributed by atoms with Crippen molar-refractivity contribution in [2.75, 3.05) is 14.1 Å². The predicted molar refractivity (Wildman–Crippen MR) is 59.4 cm³/mol. The topological polar surface area (TPSA) is 130 Å². The van der Waals surface area contributed by atoms with Crippen LogP contribution in [0.2, 0.25) is 0 Å². The van der Waals surface area contributed by atoms with Gasteiger partial charge in [-0.2, -0.15) is 0 Å². The number of rotatable bonds is 5. The number of carboxylic acids is 1.